The Hall–Kier alpha value is -1.02. The van der Waals surface area contributed by atoms with Gasteiger partial charge in [-0.2, -0.15) is 0 Å². The average Bonchev–Trinajstić information content (AvgIpc) is 2.39. The molecule has 0 radical (unpaired) electrons. The molecule has 0 amide bonds. The maximum Gasteiger partial charge on any atom is 0.0496 e. The standard InChI is InChI=1S/C15H24N2/c1-4-13-7-6-8-14(11-13)17-10-9-16-12-15(17,3)5-2/h6-8,11,16H,4-5,9-10,12H2,1-3H3. The predicted octanol–water partition coefficient (Wildman–Crippen LogP) is 2.83. The number of nitrogens with one attached hydrogen (secondary N) is 1. The minimum absolute atomic E-state index is 0.255. The van der Waals surface area contributed by atoms with Crippen LogP contribution in [0.3, 0.4) is 0 Å². The Morgan fingerprint density at radius 2 is 2.18 bits per heavy atom. The van der Waals surface area contributed by atoms with E-state index in [1.807, 2.05) is 0 Å². The molecule has 0 aromatic heterocycles. The molecule has 2 rings (SSSR count). The van der Waals surface area contributed by atoms with Crippen LogP contribution in [0.1, 0.15) is 32.8 Å². The molecule has 1 saturated heterocycles. The summed E-state index contributed by atoms with van der Waals surface area (Å²) in [7, 11) is 0. The van der Waals surface area contributed by atoms with Crippen LogP contribution in [0.4, 0.5) is 5.69 Å². The highest BCUT2D eigenvalue weighted by Crippen LogP contribution is 2.28. The van der Waals surface area contributed by atoms with E-state index in [9.17, 15) is 0 Å². The van der Waals surface area contributed by atoms with Crippen molar-refractivity contribution in [2.24, 2.45) is 0 Å². The van der Waals surface area contributed by atoms with Crippen LogP contribution < -0.4 is 10.2 Å². The molecular formula is C15H24N2. The summed E-state index contributed by atoms with van der Waals surface area (Å²) in [6.07, 6.45) is 2.29. The smallest absolute Gasteiger partial charge is 0.0496 e. The molecule has 2 heteroatoms. The molecule has 94 valence electrons. The Morgan fingerprint density at radius 3 is 2.88 bits per heavy atom. The SMILES string of the molecule is CCc1cccc(N2CCNCC2(C)CC)c1. The van der Waals surface area contributed by atoms with Crippen LogP contribution >= 0.6 is 0 Å². The topological polar surface area (TPSA) is 15.3 Å². The zero-order valence-electron chi connectivity index (χ0n) is 11.3. The summed E-state index contributed by atoms with van der Waals surface area (Å²) in [5, 5.41) is 3.51. The van der Waals surface area contributed by atoms with Gasteiger partial charge in [0.25, 0.3) is 0 Å². The van der Waals surface area contributed by atoms with Crippen LogP contribution in [0, 0.1) is 0 Å². The zero-order valence-corrected chi connectivity index (χ0v) is 11.3. The molecule has 2 nitrogen and oxygen atoms in total. The summed E-state index contributed by atoms with van der Waals surface area (Å²) < 4.78 is 0. The first kappa shape index (κ1) is 12.4. The molecule has 1 aromatic rings. The van der Waals surface area contributed by atoms with Crippen molar-refractivity contribution in [3.05, 3.63) is 29.8 Å². The molecule has 0 aliphatic carbocycles. The summed E-state index contributed by atoms with van der Waals surface area (Å²) in [4.78, 5) is 2.57. The second-order valence-electron chi connectivity index (χ2n) is 5.20. The Kier molecular flexibility index (Phi) is 3.72. The first-order valence-corrected chi connectivity index (χ1v) is 6.77. The number of rotatable bonds is 3. The highest BCUT2D eigenvalue weighted by atomic mass is 15.3. The number of benzene rings is 1. The zero-order chi connectivity index (χ0) is 12.3. The fraction of sp³-hybridized carbons (Fsp3) is 0.600. The van der Waals surface area contributed by atoms with Crippen LogP contribution in [-0.4, -0.2) is 25.2 Å². The van der Waals surface area contributed by atoms with E-state index in [-0.39, 0.29) is 5.54 Å². The molecule has 0 saturated carbocycles. The van der Waals surface area contributed by atoms with E-state index in [0.717, 1.165) is 26.1 Å². The average molecular weight is 232 g/mol. The van der Waals surface area contributed by atoms with Crippen molar-refractivity contribution in [1.82, 2.24) is 5.32 Å². The van der Waals surface area contributed by atoms with Crippen molar-refractivity contribution in [1.29, 1.82) is 0 Å². The van der Waals surface area contributed by atoms with Gasteiger partial charge < -0.3 is 10.2 Å². The quantitative estimate of drug-likeness (QED) is 0.862. The van der Waals surface area contributed by atoms with E-state index in [1.165, 1.54) is 17.7 Å². The van der Waals surface area contributed by atoms with E-state index < -0.39 is 0 Å². The summed E-state index contributed by atoms with van der Waals surface area (Å²) in [6, 6.07) is 9.00. The van der Waals surface area contributed by atoms with E-state index in [1.54, 1.807) is 0 Å². The largest absolute Gasteiger partial charge is 0.364 e. The summed E-state index contributed by atoms with van der Waals surface area (Å²) in [5.41, 5.74) is 3.07. The predicted molar refractivity (Wildman–Crippen MR) is 74.7 cm³/mol. The van der Waals surface area contributed by atoms with Gasteiger partial charge in [0.2, 0.25) is 0 Å². The van der Waals surface area contributed by atoms with E-state index in [0.29, 0.717) is 0 Å². The number of hydrogen-bond acceptors (Lipinski definition) is 2. The van der Waals surface area contributed by atoms with Crippen LogP contribution in [0.15, 0.2) is 24.3 Å². The molecule has 0 spiro atoms. The molecule has 1 heterocycles. The van der Waals surface area contributed by atoms with Gasteiger partial charge in [-0.3, -0.25) is 0 Å². The van der Waals surface area contributed by atoms with E-state index in [4.69, 9.17) is 0 Å². The maximum atomic E-state index is 3.51. The molecule has 1 fully saturated rings. The van der Waals surface area contributed by atoms with Crippen LogP contribution in [0.2, 0.25) is 0 Å². The molecule has 1 atom stereocenters. The Labute approximate surface area is 105 Å². The van der Waals surface area contributed by atoms with Crippen LogP contribution in [0.5, 0.6) is 0 Å². The minimum atomic E-state index is 0.255. The van der Waals surface area contributed by atoms with Gasteiger partial charge in [0.15, 0.2) is 0 Å². The number of hydrogen-bond donors (Lipinski definition) is 1. The van der Waals surface area contributed by atoms with E-state index >= 15 is 0 Å². The molecule has 1 aliphatic heterocycles. The fourth-order valence-corrected chi connectivity index (χ4v) is 2.61. The summed E-state index contributed by atoms with van der Waals surface area (Å²) in [5.74, 6) is 0. The van der Waals surface area contributed by atoms with Gasteiger partial charge >= 0.3 is 0 Å². The highest BCUT2D eigenvalue weighted by molar-refractivity contribution is 5.51. The van der Waals surface area contributed by atoms with Crippen molar-refractivity contribution in [2.75, 3.05) is 24.5 Å². The Bertz CT molecular complexity index is 375. The van der Waals surface area contributed by atoms with Gasteiger partial charge in [-0.25, -0.2) is 0 Å². The lowest BCUT2D eigenvalue weighted by Crippen LogP contribution is -2.59. The molecular weight excluding hydrogens is 208 g/mol. The second-order valence-corrected chi connectivity index (χ2v) is 5.20. The van der Waals surface area contributed by atoms with Crippen molar-refractivity contribution >= 4 is 5.69 Å². The Balaban J connectivity index is 2.29. The van der Waals surface area contributed by atoms with Gasteiger partial charge in [0, 0.05) is 30.9 Å². The molecule has 17 heavy (non-hydrogen) atoms. The summed E-state index contributed by atoms with van der Waals surface area (Å²) >= 11 is 0. The van der Waals surface area contributed by atoms with Gasteiger partial charge in [-0.1, -0.05) is 26.0 Å². The molecule has 1 unspecified atom stereocenters. The number of anilines is 1. The van der Waals surface area contributed by atoms with Gasteiger partial charge in [-0.05, 0) is 37.5 Å². The van der Waals surface area contributed by atoms with Gasteiger partial charge in [0.05, 0.1) is 0 Å². The lowest BCUT2D eigenvalue weighted by molar-refractivity contribution is 0.342. The number of nitrogens with zero attached hydrogens (tertiary/aromatic N) is 1. The lowest BCUT2D eigenvalue weighted by Gasteiger charge is -2.46. The third-order valence-corrected chi connectivity index (χ3v) is 4.06. The van der Waals surface area contributed by atoms with Gasteiger partial charge in [0.1, 0.15) is 0 Å². The fourth-order valence-electron chi connectivity index (χ4n) is 2.61. The monoisotopic (exact) mass is 232 g/mol. The van der Waals surface area contributed by atoms with Crippen LogP contribution in [-0.2, 0) is 6.42 Å². The lowest BCUT2D eigenvalue weighted by atomic mass is 9.93. The third kappa shape index (κ3) is 2.47. The van der Waals surface area contributed by atoms with Crippen molar-refractivity contribution in [3.63, 3.8) is 0 Å². The second kappa shape index (κ2) is 5.09. The first-order chi connectivity index (χ1) is 8.19. The van der Waals surface area contributed by atoms with Crippen molar-refractivity contribution < 1.29 is 0 Å². The first-order valence-electron chi connectivity index (χ1n) is 6.77. The van der Waals surface area contributed by atoms with Crippen molar-refractivity contribution in [2.45, 2.75) is 39.2 Å². The third-order valence-electron chi connectivity index (χ3n) is 4.06. The molecule has 1 N–H and O–H groups in total. The van der Waals surface area contributed by atoms with Crippen LogP contribution in [0.25, 0.3) is 0 Å². The van der Waals surface area contributed by atoms with E-state index in [2.05, 4.69) is 55.3 Å². The molecule has 1 aliphatic rings. The maximum absolute atomic E-state index is 3.51. The minimum Gasteiger partial charge on any atom is -0.364 e. The normalized spacial score (nSPS) is 25.0. The van der Waals surface area contributed by atoms with Crippen molar-refractivity contribution in [3.8, 4) is 0 Å². The number of aryl methyl sites for hydroxylation is 1. The molecule has 1 aromatic carbocycles. The highest BCUT2D eigenvalue weighted by Gasteiger charge is 2.32. The Morgan fingerprint density at radius 1 is 1.35 bits per heavy atom. The molecule has 0 bridgehead atoms. The van der Waals surface area contributed by atoms with Gasteiger partial charge in [-0.15, -0.1) is 0 Å². The number of piperazine rings is 1. The summed E-state index contributed by atoms with van der Waals surface area (Å²) in [6.45, 7) is 10.1.